The molecule has 0 spiro atoms. The van der Waals surface area contributed by atoms with Gasteiger partial charge < -0.3 is 10.4 Å². The van der Waals surface area contributed by atoms with Crippen LogP contribution in [0.15, 0.2) is 36.9 Å². The smallest absolute Gasteiger partial charge is 0.115 e. The average molecular weight is 246 g/mol. The number of nitrogens with zero attached hydrogens (tertiary/aromatic N) is 1. The summed E-state index contributed by atoms with van der Waals surface area (Å²) in [5, 5.41) is 12.8. The maximum absolute atomic E-state index is 9.39. The van der Waals surface area contributed by atoms with Crippen LogP contribution in [0.25, 0.3) is 0 Å². The Hall–Kier alpha value is -1.32. The molecule has 1 fully saturated rings. The first-order valence-electron chi connectivity index (χ1n) is 6.66. The first-order chi connectivity index (χ1) is 8.81. The van der Waals surface area contributed by atoms with Gasteiger partial charge in [0.05, 0.1) is 0 Å². The van der Waals surface area contributed by atoms with Crippen LogP contribution < -0.4 is 5.32 Å². The number of phenols is 1. The third-order valence-corrected chi connectivity index (χ3v) is 3.51. The van der Waals surface area contributed by atoms with Gasteiger partial charge in [0.2, 0.25) is 0 Å². The first-order valence-corrected chi connectivity index (χ1v) is 6.66. The van der Waals surface area contributed by atoms with Gasteiger partial charge in [-0.05, 0) is 30.5 Å². The molecule has 0 amide bonds. The van der Waals surface area contributed by atoms with Crippen LogP contribution in [0.2, 0.25) is 0 Å². The lowest BCUT2D eigenvalue weighted by molar-refractivity contribution is 0.166. The van der Waals surface area contributed by atoms with E-state index in [1.807, 2.05) is 18.2 Å². The highest BCUT2D eigenvalue weighted by Crippen LogP contribution is 2.27. The van der Waals surface area contributed by atoms with E-state index in [2.05, 4.69) is 16.8 Å². The molecule has 0 saturated carbocycles. The van der Waals surface area contributed by atoms with Crippen molar-refractivity contribution >= 4 is 0 Å². The average Bonchev–Trinajstić information content (AvgIpc) is 2.42. The van der Waals surface area contributed by atoms with Crippen molar-refractivity contribution < 1.29 is 5.11 Å². The number of nitrogens with one attached hydrogen (secondary N) is 1. The largest absolute Gasteiger partial charge is 0.508 e. The quantitative estimate of drug-likeness (QED) is 0.783. The summed E-state index contributed by atoms with van der Waals surface area (Å²) < 4.78 is 0. The van der Waals surface area contributed by atoms with Gasteiger partial charge >= 0.3 is 0 Å². The molecule has 1 aliphatic heterocycles. The molecule has 2 rings (SSSR count). The van der Waals surface area contributed by atoms with E-state index in [9.17, 15) is 5.11 Å². The van der Waals surface area contributed by atoms with Crippen LogP contribution in [0.5, 0.6) is 5.75 Å². The van der Waals surface area contributed by atoms with Gasteiger partial charge in [0.15, 0.2) is 0 Å². The number of rotatable bonds is 5. The fourth-order valence-electron chi connectivity index (χ4n) is 2.53. The van der Waals surface area contributed by atoms with E-state index in [-0.39, 0.29) is 0 Å². The Morgan fingerprint density at radius 2 is 1.94 bits per heavy atom. The maximum atomic E-state index is 9.39. The highest BCUT2D eigenvalue weighted by Gasteiger charge is 2.21. The fraction of sp³-hybridized carbons (Fsp3) is 0.467. The molecule has 1 saturated heterocycles. The second kappa shape index (κ2) is 6.57. The Morgan fingerprint density at radius 1 is 1.28 bits per heavy atom. The first kappa shape index (κ1) is 13.1. The topological polar surface area (TPSA) is 35.5 Å². The molecule has 0 unspecified atom stereocenters. The zero-order valence-electron chi connectivity index (χ0n) is 10.8. The summed E-state index contributed by atoms with van der Waals surface area (Å²) >= 11 is 0. The Bertz CT molecular complexity index is 369. The highest BCUT2D eigenvalue weighted by molar-refractivity contribution is 5.28. The number of aromatic hydroxyl groups is 1. The van der Waals surface area contributed by atoms with E-state index in [4.69, 9.17) is 0 Å². The van der Waals surface area contributed by atoms with Gasteiger partial charge in [-0.3, -0.25) is 4.90 Å². The number of hydrogen-bond acceptors (Lipinski definition) is 3. The molecular formula is C15H22N2O. The Morgan fingerprint density at radius 3 is 2.56 bits per heavy atom. The normalized spacial score (nSPS) is 18.4. The predicted octanol–water partition coefficient (Wildman–Crippen LogP) is 2.30. The van der Waals surface area contributed by atoms with E-state index in [1.165, 1.54) is 5.56 Å². The summed E-state index contributed by atoms with van der Waals surface area (Å²) in [6.07, 6.45) is 4.10. The van der Waals surface area contributed by atoms with Gasteiger partial charge in [0, 0.05) is 32.2 Å². The number of allylic oxidation sites excluding steroid dienone is 1. The lowest BCUT2D eigenvalue weighted by Crippen LogP contribution is -2.45. The molecular weight excluding hydrogens is 224 g/mol. The molecule has 1 aliphatic rings. The third-order valence-electron chi connectivity index (χ3n) is 3.51. The van der Waals surface area contributed by atoms with Gasteiger partial charge in [-0.1, -0.05) is 18.2 Å². The molecule has 1 heterocycles. The van der Waals surface area contributed by atoms with E-state index in [0.717, 1.165) is 39.0 Å². The van der Waals surface area contributed by atoms with Crippen molar-refractivity contribution in [3.8, 4) is 5.75 Å². The molecule has 0 radical (unpaired) electrons. The molecule has 0 aliphatic carbocycles. The van der Waals surface area contributed by atoms with Crippen LogP contribution in [-0.2, 0) is 0 Å². The fourth-order valence-corrected chi connectivity index (χ4v) is 2.53. The van der Waals surface area contributed by atoms with E-state index < -0.39 is 0 Å². The minimum Gasteiger partial charge on any atom is -0.508 e. The van der Waals surface area contributed by atoms with Crippen LogP contribution in [0.4, 0.5) is 0 Å². The zero-order chi connectivity index (χ0) is 12.8. The minimum atomic E-state index is 0.335. The van der Waals surface area contributed by atoms with Crippen molar-refractivity contribution in [1.82, 2.24) is 10.2 Å². The third kappa shape index (κ3) is 3.34. The van der Waals surface area contributed by atoms with Crippen molar-refractivity contribution in [1.29, 1.82) is 0 Å². The van der Waals surface area contributed by atoms with Crippen molar-refractivity contribution in [3.05, 3.63) is 42.5 Å². The Kier molecular flexibility index (Phi) is 4.79. The summed E-state index contributed by atoms with van der Waals surface area (Å²) in [6.45, 7) is 8.10. The van der Waals surface area contributed by atoms with Crippen LogP contribution >= 0.6 is 0 Å². The van der Waals surface area contributed by atoms with Crippen molar-refractivity contribution in [3.63, 3.8) is 0 Å². The minimum absolute atomic E-state index is 0.335. The SMILES string of the molecule is C=CCC[C@@H](c1ccc(O)cc1)N1CCNCC1. The van der Waals surface area contributed by atoms with Gasteiger partial charge in [0.1, 0.15) is 5.75 Å². The summed E-state index contributed by atoms with van der Waals surface area (Å²) in [7, 11) is 0. The van der Waals surface area contributed by atoms with E-state index in [0.29, 0.717) is 11.8 Å². The molecule has 3 heteroatoms. The standard InChI is InChI=1S/C15H22N2O/c1-2-3-4-15(17-11-9-16-10-12-17)13-5-7-14(18)8-6-13/h2,5-8,15-16,18H,1,3-4,9-12H2/t15-/m0/s1. The van der Waals surface area contributed by atoms with Crippen molar-refractivity contribution in [2.24, 2.45) is 0 Å². The number of piperazine rings is 1. The van der Waals surface area contributed by atoms with Gasteiger partial charge in [-0.2, -0.15) is 0 Å². The lowest BCUT2D eigenvalue weighted by Gasteiger charge is -2.35. The van der Waals surface area contributed by atoms with Crippen LogP contribution in [0.1, 0.15) is 24.4 Å². The van der Waals surface area contributed by atoms with E-state index >= 15 is 0 Å². The maximum Gasteiger partial charge on any atom is 0.115 e. The second-order valence-corrected chi connectivity index (χ2v) is 4.76. The number of hydrogen-bond donors (Lipinski definition) is 2. The monoisotopic (exact) mass is 246 g/mol. The molecule has 0 bridgehead atoms. The molecule has 1 aromatic rings. The number of phenolic OH excluding ortho intramolecular Hbond substituents is 1. The molecule has 98 valence electrons. The molecule has 0 aromatic heterocycles. The molecule has 18 heavy (non-hydrogen) atoms. The highest BCUT2D eigenvalue weighted by atomic mass is 16.3. The number of benzene rings is 1. The summed E-state index contributed by atoms with van der Waals surface area (Å²) in [5.41, 5.74) is 1.29. The van der Waals surface area contributed by atoms with Crippen molar-refractivity contribution in [2.75, 3.05) is 26.2 Å². The zero-order valence-corrected chi connectivity index (χ0v) is 10.8. The molecule has 3 nitrogen and oxygen atoms in total. The Labute approximate surface area is 109 Å². The molecule has 2 N–H and O–H groups in total. The lowest BCUT2D eigenvalue weighted by atomic mass is 9.99. The predicted molar refractivity (Wildman–Crippen MR) is 74.7 cm³/mol. The molecule has 1 aromatic carbocycles. The molecule has 1 atom stereocenters. The van der Waals surface area contributed by atoms with Crippen LogP contribution in [0.3, 0.4) is 0 Å². The van der Waals surface area contributed by atoms with Gasteiger partial charge in [-0.25, -0.2) is 0 Å². The summed E-state index contributed by atoms with van der Waals surface area (Å²) in [5.74, 6) is 0.335. The Balaban J connectivity index is 2.12. The van der Waals surface area contributed by atoms with Gasteiger partial charge in [0.25, 0.3) is 0 Å². The van der Waals surface area contributed by atoms with Crippen LogP contribution in [-0.4, -0.2) is 36.2 Å². The summed E-state index contributed by atoms with van der Waals surface area (Å²) in [6, 6.07) is 8.05. The van der Waals surface area contributed by atoms with Crippen molar-refractivity contribution in [2.45, 2.75) is 18.9 Å². The second-order valence-electron chi connectivity index (χ2n) is 4.76. The van der Waals surface area contributed by atoms with E-state index in [1.54, 1.807) is 12.1 Å². The van der Waals surface area contributed by atoms with Gasteiger partial charge in [-0.15, -0.1) is 6.58 Å². The summed E-state index contributed by atoms with van der Waals surface area (Å²) in [4.78, 5) is 2.52. The van der Waals surface area contributed by atoms with Crippen LogP contribution in [0, 0.1) is 0 Å².